The number of pyridine rings is 1. The molecule has 3 nitrogen and oxygen atoms in total. The molecule has 0 bridgehead atoms. The minimum Gasteiger partial charge on any atom is -0.338 e. The first-order valence-electron chi connectivity index (χ1n) is 5.20. The second-order valence-electron chi connectivity index (χ2n) is 3.71. The summed E-state index contributed by atoms with van der Waals surface area (Å²) in [4.78, 5) is 4.30. The number of anilines is 2. The van der Waals surface area contributed by atoms with E-state index in [2.05, 4.69) is 32.3 Å². The third-order valence-electron chi connectivity index (χ3n) is 2.34. The predicted molar refractivity (Wildman–Crippen MR) is 76.1 cm³/mol. The first kappa shape index (κ1) is 12.9. The van der Waals surface area contributed by atoms with Gasteiger partial charge < -0.3 is 5.32 Å². The Morgan fingerprint density at radius 2 is 2.11 bits per heavy atom. The van der Waals surface area contributed by atoms with Crippen LogP contribution < -0.4 is 5.32 Å². The molecule has 18 heavy (non-hydrogen) atoms. The van der Waals surface area contributed by atoms with Gasteiger partial charge in [0.1, 0.15) is 11.9 Å². The maximum atomic E-state index is 9.03. The van der Waals surface area contributed by atoms with Crippen molar-refractivity contribution in [3.8, 4) is 6.07 Å². The summed E-state index contributed by atoms with van der Waals surface area (Å²) < 4.78 is 0.899. The Balaban J connectivity index is 2.40. The molecule has 0 fully saturated rings. The highest BCUT2D eigenvalue weighted by Gasteiger charge is 2.07. The first-order valence-corrected chi connectivity index (χ1v) is 6.37. The summed E-state index contributed by atoms with van der Waals surface area (Å²) in [6, 6.07) is 11.1. The fraction of sp³-hybridized carbons (Fsp3) is 0.0769. The van der Waals surface area contributed by atoms with Crippen molar-refractivity contribution in [2.75, 3.05) is 5.32 Å². The summed E-state index contributed by atoms with van der Waals surface area (Å²) in [5.74, 6) is 0.515. The number of aryl methyl sites for hydroxylation is 1. The number of nitrogens with zero attached hydrogens (tertiary/aromatic N) is 2. The number of hydrogen-bond acceptors (Lipinski definition) is 3. The molecule has 2 rings (SSSR count). The standard InChI is InChI=1S/C13H9BrClN3/c1-8-2-3-9(7-16)13(17-8)18-12-5-4-10(14)6-11(12)15/h2-6H,1H3,(H,17,18). The zero-order valence-corrected chi connectivity index (χ0v) is 11.9. The fourth-order valence-corrected chi connectivity index (χ4v) is 2.18. The van der Waals surface area contributed by atoms with Crippen LogP contribution in [0.4, 0.5) is 11.5 Å². The molecule has 0 spiro atoms. The van der Waals surface area contributed by atoms with Gasteiger partial charge in [0.2, 0.25) is 0 Å². The van der Waals surface area contributed by atoms with Gasteiger partial charge in [-0.25, -0.2) is 4.98 Å². The molecule has 5 heteroatoms. The van der Waals surface area contributed by atoms with Gasteiger partial charge in [0.25, 0.3) is 0 Å². The van der Waals surface area contributed by atoms with Gasteiger partial charge >= 0.3 is 0 Å². The van der Waals surface area contributed by atoms with Crippen LogP contribution in [0.5, 0.6) is 0 Å². The number of benzene rings is 1. The van der Waals surface area contributed by atoms with Crippen LogP contribution in [0.2, 0.25) is 5.02 Å². The van der Waals surface area contributed by atoms with Gasteiger partial charge in [-0.1, -0.05) is 27.5 Å². The Hall–Kier alpha value is -1.57. The maximum Gasteiger partial charge on any atom is 0.148 e. The first-order chi connectivity index (χ1) is 8.60. The van der Waals surface area contributed by atoms with E-state index in [4.69, 9.17) is 16.9 Å². The molecule has 0 aliphatic carbocycles. The van der Waals surface area contributed by atoms with E-state index in [0.29, 0.717) is 16.4 Å². The molecule has 1 aromatic heterocycles. The Bertz CT molecular complexity index is 635. The van der Waals surface area contributed by atoms with Crippen molar-refractivity contribution >= 4 is 39.0 Å². The lowest BCUT2D eigenvalue weighted by molar-refractivity contribution is 1.19. The van der Waals surface area contributed by atoms with Crippen LogP contribution in [0.3, 0.4) is 0 Å². The number of nitriles is 1. The van der Waals surface area contributed by atoms with Crippen LogP contribution in [0.1, 0.15) is 11.3 Å². The summed E-state index contributed by atoms with van der Waals surface area (Å²) >= 11 is 9.45. The van der Waals surface area contributed by atoms with E-state index in [1.165, 1.54) is 0 Å². The molecule has 1 N–H and O–H groups in total. The Labute approximate surface area is 119 Å². The maximum absolute atomic E-state index is 9.03. The van der Waals surface area contributed by atoms with E-state index in [1.54, 1.807) is 18.2 Å². The van der Waals surface area contributed by atoms with E-state index in [9.17, 15) is 0 Å². The zero-order chi connectivity index (χ0) is 13.1. The lowest BCUT2D eigenvalue weighted by Crippen LogP contribution is -1.98. The van der Waals surface area contributed by atoms with Crippen molar-refractivity contribution in [1.29, 1.82) is 5.26 Å². The largest absolute Gasteiger partial charge is 0.338 e. The number of rotatable bonds is 2. The van der Waals surface area contributed by atoms with Gasteiger partial charge in [0.15, 0.2) is 0 Å². The number of hydrogen-bond donors (Lipinski definition) is 1. The molecule has 0 radical (unpaired) electrons. The summed E-state index contributed by atoms with van der Waals surface area (Å²) in [7, 11) is 0. The van der Waals surface area contributed by atoms with Crippen LogP contribution in [0, 0.1) is 18.3 Å². The smallest absolute Gasteiger partial charge is 0.148 e. The molecule has 0 unspecified atom stereocenters. The topological polar surface area (TPSA) is 48.7 Å². The minimum absolute atomic E-state index is 0.486. The van der Waals surface area contributed by atoms with E-state index >= 15 is 0 Å². The number of aromatic nitrogens is 1. The van der Waals surface area contributed by atoms with Gasteiger partial charge in [-0.2, -0.15) is 5.26 Å². The van der Waals surface area contributed by atoms with Crippen LogP contribution in [-0.2, 0) is 0 Å². The second kappa shape index (κ2) is 5.38. The molecule has 0 aliphatic heterocycles. The molecule has 0 saturated heterocycles. The Morgan fingerprint density at radius 1 is 1.33 bits per heavy atom. The van der Waals surface area contributed by atoms with E-state index in [0.717, 1.165) is 15.9 Å². The fourth-order valence-electron chi connectivity index (χ4n) is 1.46. The highest BCUT2D eigenvalue weighted by atomic mass is 79.9. The predicted octanol–water partition coefficient (Wildman–Crippen LogP) is 4.42. The van der Waals surface area contributed by atoms with Crippen LogP contribution in [0.25, 0.3) is 0 Å². The molecule has 0 saturated carbocycles. The van der Waals surface area contributed by atoms with E-state index < -0.39 is 0 Å². The van der Waals surface area contributed by atoms with Gasteiger partial charge in [0, 0.05) is 10.2 Å². The minimum atomic E-state index is 0.486. The molecule has 90 valence electrons. The van der Waals surface area contributed by atoms with Crippen molar-refractivity contribution in [1.82, 2.24) is 4.98 Å². The Kier molecular flexibility index (Phi) is 3.85. The summed E-state index contributed by atoms with van der Waals surface area (Å²) in [6.45, 7) is 1.87. The molecule has 0 atom stereocenters. The molecule has 0 aliphatic rings. The Morgan fingerprint density at radius 3 is 2.78 bits per heavy atom. The SMILES string of the molecule is Cc1ccc(C#N)c(Nc2ccc(Br)cc2Cl)n1. The molecular formula is C13H9BrClN3. The third-order valence-corrected chi connectivity index (χ3v) is 3.15. The summed E-state index contributed by atoms with van der Waals surface area (Å²) in [5, 5.41) is 12.7. The van der Waals surface area contributed by atoms with E-state index in [1.807, 2.05) is 19.1 Å². The van der Waals surface area contributed by atoms with Crippen LogP contribution >= 0.6 is 27.5 Å². The van der Waals surface area contributed by atoms with E-state index in [-0.39, 0.29) is 0 Å². The lowest BCUT2D eigenvalue weighted by atomic mass is 10.2. The summed E-state index contributed by atoms with van der Waals surface area (Å²) in [5.41, 5.74) is 2.04. The molecule has 1 heterocycles. The van der Waals surface area contributed by atoms with Gasteiger partial charge in [-0.05, 0) is 37.3 Å². The van der Waals surface area contributed by atoms with Crippen molar-refractivity contribution in [2.24, 2.45) is 0 Å². The second-order valence-corrected chi connectivity index (χ2v) is 5.03. The molecule has 2 aromatic rings. The monoisotopic (exact) mass is 321 g/mol. The molecule has 0 amide bonds. The van der Waals surface area contributed by atoms with Gasteiger partial charge in [0.05, 0.1) is 16.3 Å². The van der Waals surface area contributed by atoms with Crippen molar-refractivity contribution in [2.45, 2.75) is 6.92 Å². The average Bonchev–Trinajstić information content (AvgIpc) is 2.33. The quantitative estimate of drug-likeness (QED) is 0.890. The number of nitrogens with one attached hydrogen (secondary N) is 1. The molecular weight excluding hydrogens is 314 g/mol. The number of halogens is 2. The normalized spacial score (nSPS) is 9.89. The van der Waals surface area contributed by atoms with Gasteiger partial charge in [-0.15, -0.1) is 0 Å². The van der Waals surface area contributed by atoms with Crippen molar-refractivity contribution in [3.05, 3.63) is 51.1 Å². The van der Waals surface area contributed by atoms with Crippen LogP contribution in [0.15, 0.2) is 34.8 Å². The molecule has 1 aromatic carbocycles. The van der Waals surface area contributed by atoms with Gasteiger partial charge in [-0.3, -0.25) is 0 Å². The summed E-state index contributed by atoms with van der Waals surface area (Å²) in [6.07, 6.45) is 0. The highest BCUT2D eigenvalue weighted by molar-refractivity contribution is 9.10. The zero-order valence-electron chi connectivity index (χ0n) is 9.54. The van der Waals surface area contributed by atoms with Crippen molar-refractivity contribution in [3.63, 3.8) is 0 Å². The third kappa shape index (κ3) is 2.81. The average molecular weight is 323 g/mol. The van der Waals surface area contributed by atoms with Crippen molar-refractivity contribution < 1.29 is 0 Å². The van der Waals surface area contributed by atoms with Crippen LogP contribution in [-0.4, -0.2) is 4.98 Å². The highest BCUT2D eigenvalue weighted by Crippen LogP contribution is 2.28. The lowest BCUT2D eigenvalue weighted by Gasteiger charge is -2.09.